The first kappa shape index (κ1) is 14.4. The van der Waals surface area contributed by atoms with Gasteiger partial charge in [0.1, 0.15) is 6.04 Å². The molecule has 0 bridgehead atoms. The van der Waals surface area contributed by atoms with Gasteiger partial charge < -0.3 is 9.80 Å². The van der Waals surface area contributed by atoms with Crippen molar-refractivity contribution in [2.45, 2.75) is 38.4 Å². The Balaban J connectivity index is 1.63. The summed E-state index contributed by atoms with van der Waals surface area (Å²) >= 11 is 0. The molecule has 1 fully saturated rings. The Labute approximate surface area is 134 Å². The summed E-state index contributed by atoms with van der Waals surface area (Å²) in [4.78, 5) is 40.0. The van der Waals surface area contributed by atoms with E-state index in [0.717, 1.165) is 30.6 Å². The molecule has 1 aromatic carbocycles. The lowest BCUT2D eigenvalue weighted by molar-refractivity contribution is -0.136. The first-order valence-corrected chi connectivity index (χ1v) is 8.01. The van der Waals surface area contributed by atoms with Gasteiger partial charge in [-0.15, -0.1) is 0 Å². The van der Waals surface area contributed by atoms with E-state index in [2.05, 4.69) is 23.3 Å². The monoisotopic (exact) mass is 313 g/mol. The number of fused-ring (bicyclic) bond motifs is 2. The van der Waals surface area contributed by atoms with E-state index in [0.29, 0.717) is 13.0 Å². The van der Waals surface area contributed by atoms with Crippen molar-refractivity contribution in [2.75, 3.05) is 13.6 Å². The predicted octanol–water partition coefficient (Wildman–Crippen LogP) is 0.436. The van der Waals surface area contributed by atoms with E-state index in [9.17, 15) is 14.4 Å². The van der Waals surface area contributed by atoms with Gasteiger partial charge in [-0.25, -0.2) is 0 Å². The normalized spacial score (nSPS) is 24.5. The number of rotatable bonds is 1. The molecule has 1 N–H and O–H groups in total. The van der Waals surface area contributed by atoms with Crippen LogP contribution in [0.4, 0.5) is 0 Å². The topological polar surface area (TPSA) is 69.7 Å². The van der Waals surface area contributed by atoms with E-state index in [1.807, 2.05) is 6.07 Å². The number of carbonyl (C=O) groups is 3. The average Bonchev–Trinajstić information content (AvgIpc) is 2.81. The highest BCUT2D eigenvalue weighted by atomic mass is 16.2. The van der Waals surface area contributed by atoms with Crippen LogP contribution in [0.25, 0.3) is 0 Å². The maximum Gasteiger partial charge on any atom is 0.255 e. The quantitative estimate of drug-likeness (QED) is 0.764. The van der Waals surface area contributed by atoms with E-state index in [1.54, 1.807) is 4.90 Å². The Hall–Kier alpha value is -2.21. The van der Waals surface area contributed by atoms with Gasteiger partial charge >= 0.3 is 0 Å². The summed E-state index contributed by atoms with van der Waals surface area (Å²) in [6, 6.07) is 3.59. The predicted molar refractivity (Wildman–Crippen MR) is 82.5 cm³/mol. The molecule has 0 aliphatic carbocycles. The van der Waals surface area contributed by atoms with E-state index in [-0.39, 0.29) is 24.1 Å². The third-order valence-corrected chi connectivity index (χ3v) is 5.05. The second-order valence-corrected chi connectivity index (χ2v) is 6.67. The number of hydrogen-bond donors (Lipinski definition) is 1. The molecule has 0 radical (unpaired) electrons. The van der Waals surface area contributed by atoms with Crippen molar-refractivity contribution < 1.29 is 14.4 Å². The molecule has 0 saturated carbocycles. The van der Waals surface area contributed by atoms with Crippen LogP contribution in [0.15, 0.2) is 12.1 Å². The fraction of sp³-hybridized carbons (Fsp3) is 0.471. The minimum Gasteiger partial charge on any atom is -0.322 e. The zero-order valence-electron chi connectivity index (χ0n) is 13.1. The van der Waals surface area contributed by atoms with Gasteiger partial charge in [0.05, 0.1) is 0 Å². The van der Waals surface area contributed by atoms with Gasteiger partial charge in [-0.05, 0) is 42.6 Å². The van der Waals surface area contributed by atoms with Crippen molar-refractivity contribution in [3.05, 3.63) is 34.4 Å². The van der Waals surface area contributed by atoms with E-state index < -0.39 is 6.04 Å². The standard InChI is InChI=1S/C17H19N3O3/c1-19-5-4-10-7-13-12(6-11(10)8-19)9-20(17(13)23)14-2-3-15(21)18-16(14)22/h6-7,14H,2-5,8-9H2,1H3,(H,18,21,22)/t14-/m1/s1. The lowest BCUT2D eigenvalue weighted by Gasteiger charge is -2.29. The van der Waals surface area contributed by atoms with Crippen molar-refractivity contribution in [3.8, 4) is 0 Å². The fourth-order valence-electron chi connectivity index (χ4n) is 3.77. The molecule has 1 saturated heterocycles. The van der Waals surface area contributed by atoms with Crippen LogP contribution in [0, 0.1) is 0 Å². The Kier molecular flexibility index (Phi) is 3.23. The van der Waals surface area contributed by atoms with Crippen molar-refractivity contribution in [1.29, 1.82) is 0 Å². The first-order chi connectivity index (χ1) is 11.0. The summed E-state index contributed by atoms with van der Waals surface area (Å²) in [6.45, 7) is 2.35. The van der Waals surface area contributed by atoms with Gasteiger partial charge in [0, 0.05) is 31.6 Å². The molecule has 120 valence electrons. The number of imide groups is 1. The third-order valence-electron chi connectivity index (χ3n) is 5.05. The summed E-state index contributed by atoms with van der Waals surface area (Å²) in [6.07, 6.45) is 1.65. The second kappa shape index (κ2) is 5.16. The van der Waals surface area contributed by atoms with Crippen molar-refractivity contribution in [2.24, 2.45) is 0 Å². The SMILES string of the molecule is CN1CCc2cc3c(cc2C1)CN([C@@H]1CCC(=O)NC1=O)C3=O. The molecule has 1 atom stereocenters. The Morgan fingerprint density at radius 1 is 1.04 bits per heavy atom. The van der Waals surface area contributed by atoms with Crippen LogP contribution in [0.2, 0.25) is 0 Å². The van der Waals surface area contributed by atoms with Crippen LogP contribution in [0.1, 0.15) is 39.9 Å². The summed E-state index contributed by atoms with van der Waals surface area (Å²) in [5.41, 5.74) is 4.22. The maximum atomic E-state index is 12.7. The minimum atomic E-state index is -0.535. The van der Waals surface area contributed by atoms with Gasteiger partial charge in [0.15, 0.2) is 0 Å². The molecule has 0 aromatic heterocycles. The number of likely N-dealkylation sites (N-methyl/N-ethyl adjacent to an activating group) is 1. The van der Waals surface area contributed by atoms with Crippen LogP contribution in [-0.4, -0.2) is 47.2 Å². The summed E-state index contributed by atoms with van der Waals surface area (Å²) in [7, 11) is 2.09. The Morgan fingerprint density at radius 3 is 2.65 bits per heavy atom. The molecule has 0 unspecified atom stereocenters. The van der Waals surface area contributed by atoms with Crippen molar-refractivity contribution in [3.63, 3.8) is 0 Å². The zero-order valence-corrected chi connectivity index (χ0v) is 13.1. The Morgan fingerprint density at radius 2 is 1.87 bits per heavy atom. The highest BCUT2D eigenvalue weighted by Crippen LogP contribution is 2.31. The van der Waals surface area contributed by atoms with Gasteiger partial charge in [-0.1, -0.05) is 6.07 Å². The molecule has 3 amide bonds. The second-order valence-electron chi connectivity index (χ2n) is 6.67. The average molecular weight is 313 g/mol. The number of piperidine rings is 1. The van der Waals surface area contributed by atoms with E-state index in [4.69, 9.17) is 0 Å². The van der Waals surface area contributed by atoms with Crippen LogP contribution in [0.3, 0.4) is 0 Å². The van der Waals surface area contributed by atoms with E-state index >= 15 is 0 Å². The number of nitrogens with zero attached hydrogens (tertiary/aromatic N) is 2. The molecular formula is C17H19N3O3. The van der Waals surface area contributed by atoms with Crippen molar-refractivity contribution >= 4 is 17.7 Å². The fourth-order valence-corrected chi connectivity index (χ4v) is 3.77. The molecule has 3 aliphatic heterocycles. The van der Waals surface area contributed by atoms with Crippen LogP contribution in [0.5, 0.6) is 0 Å². The summed E-state index contributed by atoms with van der Waals surface area (Å²) in [5, 5.41) is 2.34. The van der Waals surface area contributed by atoms with Crippen LogP contribution in [-0.2, 0) is 29.1 Å². The van der Waals surface area contributed by atoms with Gasteiger partial charge in [-0.2, -0.15) is 0 Å². The Bertz CT molecular complexity index is 728. The van der Waals surface area contributed by atoms with Crippen LogP contribution >= 0.6 is 0 Å². The lowest BCUT2D eigenvalue weighted by atomic mass is 9.95. The van der Waals surface area contributed by atoms with E-state index in [1.165, 1.54) is 11.1 Å². The lowest BCUT2D eigenvalue weighted by Crippen LogP contribution is -2.52. The smallest absolute Gasteiger partial charge is 0.255 e. The maximum absolute atomic E-state index is 12.7. The van der Waals surface area contributed by atoms with Gasteiger partial charge in [0.2, 0.25) is 11.8 Å². The number of hydrogen-bond acceptors (Lipinski definition) is 4. The number of carbonyl (C=O) groups excluding carboxylic acids is 3. The largest absolute Gasteiger partial charge is 0.322 e. The third kappa shape index (κ3) is 2.34. The molecule has 6 nitrogen and oxygen atoms in total. The van der Waals surface area contributed by atoms with Gasteiger partial charge in [0.25, 0.3) is 5.91 Å². The number of amides is 3. The van der Waals surface area contributed by atoms with Crippen molar-refractivity contribution in [1.82, 2.24) is 15.1 Å². The first-order valence-electron chi connectivity index (χ1n) is 8.01. The number of benzene rings is 1. The molecular weight excluding hydrogens is 294 g/mol. The molecule has 3 heterocycles. The molecule has 6 heteroatoms. The highest BCUT2D eigenvalue weighted by molar-refractivity contribution is 6.05. The molecule has 0 spiro atoms. The molecule has 3 aliphatic rings. The highest BCUT2D eigenvalue weighted by Gasteiger charge is 2.39. The number of nitrogens with one attached hydrogen (secondary N) is 1. The minimum absolute atomic E-state index is 0.0868. The summed E-state index contributed by atoms with van der Waals surface area (Å²) in [5.74, 6) is -0.697. The van der Waals surface area contributed by atoms with Crippen LogP contribution < -0.4 is 5.32 Å². The molecule has 23 heavy (non-hydrogen) atoms. The molecule has 1 aromatic rings. The summed E-state index contributed by atoms with van der Waals surface area (Å²) < 4.78 is 0. The molecule has 4 rings (SSSR count). The zero-order chi connectivity index (χ0) is 16.1. The van der Waals surface area contributed by atoms with Gasteiger partial charge in [-0.3, -0.25) is 19.7 Å².